The van der Waals surface area contributed by atoms with Crippen molar-refractivity contribution in [2.24, 2.45) is 0 Å². The second-order valence-electron chi connectivity index (χ2n) is 4.09. The Balaban J connectivity index is 2.52. The van der Waals surface area contributed by atoms with Gasteiger partial charge in [0.15, 0.2) is 0 Å². The number of anilines is 1. The smallest absolute Gasteiger partial charge is 0.246 e. The van der Waals surface area contributed by atoms with Crippen molar-refractivity contribution in [1.82, 2.24) is 5.32 Å². The largest absolute Gasteiger partial charge is 0.344 e. The van der Waals surface area contributed by atoms with E-state index in [1.165, 1.54) is 0 Å². The van der Waals surface area contributed by atoms with Crippen LogP contribution in [0.3, 0.4) is 0 Å². The molecule has 1 rings (SSSR count). The number of carbonyl (C=O) groups is 3. The van der Waals surface area contributed by atoms with Crippen LogP contribution in [0.25, 0.3) is 0 Å². The summed E-state index contributed by atoms with van der Waals surface area (Å²) in [6.45, 7) is 1.81. The molecular formula is C14H18N2O3. The Labute approximate surface area is 112 Å². The van der Waals surface area contributed by atoms with Crippen molar-refractivity contribution >= 4 is 23.8 Å². The quantitative estimate of drug-likeness (QED) is 0.731. The number of hydrogen-bond acceptors (Lipinski definition) is 3. The number of rotatable bonds is 7. The van der Waals surface area contributed by atoms with Crippen LogP contribution in [0.4, 0.5) is 5.69 Å². The normalized spacial score (nSPS) is 11.4. The lowest BCUT2D eigenvalue weighted by molar-refractivity contribution is -0.127. The van der Waals surface area contributed by atoms with Crippen LogP contribution in [-0.2, 0) is 14.4 Å². The highest BCUT2D eigenvalue weighted by molar-refractivity contribution is 5.97. The molecule has 0 fully saturated rings. The number of hydrogen-bond donors (Lipinski definition) is 2. The van der Waals surface area contributed by atoms with Crippen molar-refractivity contribution < 1.29 is 14.4 Å². The molecule has 0 saturated carbocycles. The van der Waals surface area contributed by atoms with Gasteiger partial charge in [-0.05, 0) is 18.6 Å². The van der Waals surface area contributed by atoms with E-state index in [-0.39, 0.29) is 24.7 Å². The lowest BCUT2D eigenvalue weighted by Crippen LogP contribution is -2.43. The predicted octanol–water partition coefficient (Wildman–Crippen LogP) is 1.50. The van der Waals surface area contributed by atoms with E-state index >= 15 is 0 Å². The van der Waals surface area contributed by atoms with Crippen LogP contribution in [0.1, 0.15) is 26.2 Å². The Morgan fingerprint density at radius 1 is 1.26 bits per heavy atom. The highest BCUT2D eigenvalue weighted by atomic mass is 16.2. The third kappa shape index (κ3) is 5.33. The molecule has 0 heterocycles. The maximum atomic E-state index is 12.0. The van der Waals surface area contributed by atoms with Crippen LogP contribution in [0.5, 0.6) is 0 Å². The van der Waals surface area contributed by atoms with Crippen molar-refractivity contribution in [3.8, 4) is 0 Å². The summed E-state index contributed by atoms with van der Waals surface area (Å²) in [5, 5.41) is 5.34. The molecule has 0 aliphatic carbocycles. The average Bonchev–Trinajstić information content (AvgIpc) is 2.43. The van der Waals surface area contributed by atoms with Gasteiger partial charge in [-0.15, -0.1) is 0 Å². The summed E-state index contributed by atoms with van der Waals surface area (Å²) in [6.07, 6.45) is 1.46. The van der Waals surface area contributed by atoms with Crippen molar-refractivity contribution in [3.05, 3.63) is 30.3 Å². The Morgan fingerprint density at radius 2 is 1.95 bits per heavy atom. The zero-order valence-electron chi connectivity index (χ0n) is 10.9. The fourth-order valence-electron chi connectivity index (χ4n) is 1.56. The van der Waals surface area contributed by atoms with Gasteiger partial charge in [-0.25, -0.2) is 0 Å². The number of para-hydroxylation sites is 1. The van der Waals surface area contributed by atoms with E-state index in [9.17, 15) is 14.4 Å². The van der Waals surface area contributed by atoms with Gasteiger partial charge in [0.25, 0.3) is 0 Å². The summed E-state index contributed by atoms with van der Waals surface area (Å²) < 4.78 is 0. The zero-order chi connectivity index (χ0) is 14.1. The number of aldehydes is 1. The lowest BCUT2D eigenvalue weighted by Gasteiger charge is -2.16. The molecule has 1 aromatic rings. The maximum Gasteiger partial charge on any atom is 0.246 e. The van der Waals surface area contributed by atoms with Crippen LogP contribution >= 0.6 is 0 Å². The molecule has 0 aliphatic rings. The van der Waals surface area contributed by atoms with E-state index in [0.717, 1.165) is 0 Å². The zero-order valence-corrected chi connectivity index (χ0v) is 10.9. The number of benzene rings is 1. The van der Waals surface area contributed by atoms with Gasteiger partial charge in [-0.2, -0.15) is 0 Å². The summed E-state index contributed by atoms with van der Waals surface area (Å²) in [7, 11) is 0. The average molecular weight is 262 g/mol. The Morgan fingerprint density at radius 3 is 2.53 bits per heavy atom. The molecule has 5 heteroatoms. The van der Waals surface area contributed by atoms with E-state index < -0.39 is 6.04 Å². The van der Waals surface area contributed by atoms with Crippen molar-refractivity contribution in [2.45, 2.75) is 32.2 Å². The first-order chi connectivity index (χ1) is 9.17. The minimum atomic E-state index is -0.584. The van der Waals surface area contributed by atoms with Gasteiger partial charge in [-0.3, -0.25) is 9.59 Å². The van der Waals surface area contributed by atoms with E-state index in [4.69, 9.17) is 0 Å². The molecule has 1 aromatic carbocycles. The molecule has 0 saturated heterocycles. The first kappa shape index (κ1) is 14.9. The molecule has 1 atom stereocenters. The van der Waals surface area contributed by atoms with Crippen molar-refractivity contribution in [2.75, 3.05) is 5.32 Å². The fraction of sp³-hybridized carbons (Fsp3) is 0.357. The van der Waals surface area contributed by atoms with Gasteiger partial charge in [0.1, 0.15) is 12.3 Å². The predicted molar refractivity (Wildman–Crippen MR) is 72.6 cm³/mol. The van der Waals surface area contributed by atoms with Gasteiger partial charge in [0.2, 0.25) is 11.8 Å². The highest BCUT2D eigenvalue weighted by Gasteiger charge is 2.18. The Kier molecular flexibility index (Phi) is 6.29. The summed E-state index contributed by atoms with van der Waals surface area (Å²) in [5.74, 6) is -0.546. The Hall–Kier alpha value is -2.17. The summed E-state index contributed by atoms with van der Waals surface area (Å²) >= 11 is 0. The van der Waals surface area contributed by atoms with Gasteiger partial charge in [0, 0.05) is 18.5 Å². The molecule has 19 heavy (non-hydrogen) atoms. The summed E-state index contributed by atoms with van der Waals surface area (Å²) in [5.41, 5.74) is 0.688. The summed E-state index contributed by atoms with van der Waals surface area (Å²) in [4.78, 5) is 33.6. The highest BCUT2D eigenvalue weighted by Crippen LogP contribution is 2.06. The molecule has 0 aliphatic heterocycles. The lowest BCUT2D eigenvalue weighted by atomic mass is 10.2. The molecular weight excluding hydrogens is 244 g/mol. The molecule has 2 N–H and O–H groups in total. The SMILES string of the molecule is CCC(NC(=O)CCC=O)C(=O)Nc1ccccc1. The van der Waals surface area contributed by atoms with E-state index in [1.807, 2.05) is 25.1 Å². The van der Waals surface area contributed by atoms with Crippen LogP contribution < -0.4 is 10.6 Å². The monoisotopic (exact) mass is 262 g/mol. The minimum Gasteiger partial charge on any atom is -0.344 e. The van der Waals surface area contributed by atoms with E-state index in [0.29, 0.717) is 18.4 Å². The topological polar surface area (TPSA) is 75.3 Å². The molecule has 0 bridgehead atoms. The standard InChI is InChI=1S/C14H18N2O3/c1-2-12(16-13(18)9-6-10-17)14(19)15-11-7-4-3-5-8-11/h3-5,7-8,10,12H,2,6,9H2,1H3,(H,15,19)(H,16,18). The molecule has 102 valence electrons. The van der Waals surface area contributed by atoms with E-state index in [1.54, 1.807) is 12.1 Å². The third-order valence-corrected chi connectivity index (χ3v) is 2.59. The summed E-state index contributed by atoms with van der Waals surface area (Å²) in [6, 6.07) is 8.46. The number of carbonyl (C=O) groups excluding carboxylic acids is 3. The second-order valence-corrected chi connectivity index (χ2v) is 4.09. The first-order valence-electron chi connectivity index (χ1n) is 6.26. The van der Waals surface area contributed by atoms with Crippen LogP contribution in [0.2, 0.25) is 0 Å². The minimum absolute atomic E-state index is 0.110. The fourth-order valence-corrected chi connectivity index (χ4v) is 1.56. The molecule has 5 nitrogen and oxygen atoms in total. The van der Waals surface area contributed by atoms with Crippen molar-refractivity contribution in [3.63, 3.8) is 0 Å². The Bertz CT molecular complexity index is 432. The molecule has 2 amide bonds. The third-order valence-electron chi connectivity index (χ3n) is 2.59. The molecule has 0 aromatic heterocycles. The van der Waals surface area contributed by atoms with Crippen LogP contribution in [0, 0.1) is 0 Å². The molecule has 0 radical (unpaired) electrons. The second kappa shape index (κ2) is 8.02. The van der Waals surface area contributed by atoms with Gasteiger partial charge in [0.05, 0.1) is 0 Å². The van der Waals surface area contributed by atoms with Gasteiger partial charge >= 0.3 is 0 Å². The van der Waals surface area contributed by atoms with Crippen LogP contribution in [0.15, 0.2) is 30.3 Å². The molecule has 1 unspecified atom stereocenters. The maximum absolute atomic E-state index is 12.0. The number of nitrogens with one attached hydrogen (secondary N) is 2. The van der Waals surface area contributed by atoms with E-state index in [2.05, 4.69) is 10.6 Å². The van der Waals surface area contributed by atoms with Gasteiger partial charge < -0.3 is 15.4 Å². The van der Waals surface area contributed by atoms with Crippen LogP contribution in [-0.4, -0.2) is 24.1 Å². The van der Waals surface area contributed by atoms with Crippen molar-refractivity contribution in [1.29, 1.82) is 0 Å². The van der Waals surface area contributed by atoms with Gasteiger partial charge in [-0.1, -0.05) is 25.1 Å². The first-order valence-corrected chi connectivity index (χ1v) is 6.26. The number of amides is 2. The molecule has 0 spiro atoms.